The van der Waals surface area contributed by atoms with Gasteiger partial charge in [0.1, 0.15) is 5.69 Å². The van der Waals surface area contributed by atoms with Gasteiger partial charge in [-0.15, -0.1) is 0 Å². The van der Waals surface area contributed by atoms with Gasteiger partial charge in [-0.05, 0) is 31.2 Å². The Kier molecular flexibility index (Phi) is 4.50. The Hall–Kier alpha value is -1.33. The first-order chi connectivity index (χ1) is 9.43. The summed E-state index contributed by atoms with van der Waals surface area (Å²) in [5, 5.41) is 0. The molecule has 0 aromatic carbocycles. The molecule has 0 unspecified atom stereocenters. The summed E-state index contributed by atoms with van der Waals surface area (Å²) in [4.78, 5) is 9.73. The molecule has 2 atom stereocenters. The van der Waals surface area contributed by atoms with Gasteiger partial charge in [0.2, 0.25) is 5.95 Å². The average Bonchev–Trinajstić information content (AvgIpc) is 2.40. The van der Waals surface area contributed by atoms with Crippen molar-refractivity contribution in [2.75, 3.05) is 11.4 Å². The topological polar surface area (TPSA) is 29.0 Å². The van der Waals surface area contributed by atoms with E-state index in [1.54, 1.807) is 0 Å². The molecule has 20 heavy (non-hydrogen) atoms. The molecule has 0 amide bonds. The molecule has 1 aromatic rings. The number of hydrogen-bond acceptors (Lipinski definition) is 3. The van der Waals surface area contributed by atoms with E-state index in [1.165, 1.54) is 6.20 Å². The Morgan fingerprint density at radius 2 is 2.15 bits per heavy atom. The molecule has 1 aromatic heterocycles. The maximum atomic E-state index is 12.7. The maximum Gasteiger partial charge on any atom is 0.433 e. The molecule has 112 valence electrons. The molecular weight excluding hydrogens is 267 g/mol. The molecule has 6 heteroatoms. The summed E-state index contributed by atoms with van der Waals surface area (Å²) < 4.78 is 38.2. The van der Waals surface area contributed by atoms with Gasteiger partial charge in [-0.25, -0.2) is 9.97 Å². The molecule has 0 N–H and O–H groups in total. The Morgan fingerprint density at radius 3 is 2.80 bits per heavy atom. The number of alkyl halides is 3. The summed E-state index contributed by atoms with van der Waals surface area (Å²) in [6.45, 7) is 4.98. The minimum Gasteiger partial charge on any atom is -0.338 e. The van der Waals surface area contributed by atoms with Crippen molar-refractivity contribution in [3.63, 3.8) is 0 Å². The number of hydrogen-bond donors (Lipinski definition) is 0. The number of nitrogens with zero attached hydrogens (tertiary/aromatic N) is 3. The molecule has 3 nitrogen and oxygen atoms in total. The van der Waals surface area contributed by atoms with Crippen molar-refractivity contribution in [2.24, 2.45) is 5.92 Å². The van der Waals surface area contributed by atoms with E-state index >= 15 is 0 Å². The lowest BCUT2D eigenvalue weighted by Gasteiger charge is -2.40. The van der Waals surface area contributed by atoms with Crippen molar-refractivity contribution in [2.45, 2.75) is 51.7 Å². The van der Waals surface area contributed by atoms with E-state index in [0.717, 1.165) is 38.3 Å². The largest absolute Gasteiger partial charge is 0.433 e. The molecule has 2 rings (SSSR count). The first-order valence-electron chi connectivity index (χ1n) is 7.10. The zero-order chi connectivity index (χ0) is 14.8. The van der Waals surface area contributed by atoms with Gasteiger partial charge in [0, 0.05) is 18.8 Å². The maximum absolute atomic E-state index is 12.7. The molecule has 0 radical (unpaired) electrons. The number of anilines is 1. The normalized spacial score (nSPS) is 23.9. The Bertz CT molecular complexity index is 448. The summed E-state index contributed by atoms with van der Waals surface area (Å²) >= 11 is 0. The van der Waals surface area contributed by atoms with Crippen molar-refractivity contribution >= 4 is 5.95 Å². The van der Waals surface area contributed by atoms with Gasteiger partial charge in [-0.1, -0.05) is 20.3 Å². The summed E-state index contributed by atoms with van der Waals surface area (Å²) in [6.07, 6.45) is 0.832. The zero-order valence-electron chi connectivity index (χ0n) is 11.8. The van der Waals surface area contributed by atoms with Gasteiger partial charge in [-0.2, -0.15) is 13.2 Å². The smallest absolute Gasteiger partial charge is 0.338 e. The molecule has 0 saturated carbocycles. The van der Waals surface area contributed by atoms with Crippen LogP contribution in [0.1, 0.15) is 45.2 Å². The van der Waals surface area contributed by atoms with Crippen LogP contribution in [0, 0.1) is 5.92 Å². The van der Waals surface area contributed by atoms with Gasteiger partial charge < -0.3 is 4.90 Å². The van der Waals surface area contributed by atoms with Crippen LogP contribution in [0.15, 0.2) is 12.3 Å². The molecule has 0 spiro atoms. The molecule has 0 aliphatic carbocycles. The number of piperidine rings is 1. The summed E-state index contributed by atoms with van der Waals surface area (Å²) in [6, 6.07) is 1.16. The van der Waals surface area contributed by atoms with E-state index in [1.807, 2.05) is 4.90 Å². The zero-order valence-corrected chi connectivity index (χ0v) is 11.8. The Labute approximate surface area is 117 Å². The van der Waals surface area contributed by atoms with Crippen LogP contribution < -0.4 is 4.90 Å². The van der Waals surface area contributed by atoms with Crippen LogP contribution in [0.3, 0.4) is 0 Å². The second-order valence-electron chi connectivity index (χ2n) is 5.41. The molecule has 1 saturated heterocycles. The Balaban J connectivity index is 2.28. The van der Waals surface area contributed by atoms with Crippen LogP contribution >= 0.6 is 0 Å². The number of aromatic nitrogens is 2. The van der Waals surface area contributed by atoms with Crippen molar-refractivity contribution < 1.29 is 13.2 Å². The highest BCUT2D eigenvalue weighted by Crippen LogP contribution is 2.32. The van der Waals surface area contributed by atoms with E-state index in [9.17, 15) is 13.2 Å². The fraction of sp³-hybridized carbons (Fsp3) is 0.714. The second kappa shape index (κ2) is 5.97. The van der Waals surface area contributed by atoms with E-state index in [0.29, 0.717) is 5.92 Å². The monoisotopic (exact) mass is 287 g/mol. The molecule has 1 fully saturated rings. The van der Waals surface area contributed by atoms with Gasteiger partial charge in [0.25, 0.3) is 0 Å². The van der Waals surface area contributed by atoms with E-state index in [2.05, 4.69) is 23.8 Å². The average molecular weight is 287 g/mol. The van der Waals surface area contributed by atoms with Crippen molar-refractivity contribution in [3.05, 3.63) is 18.0 Å². The molecular formula is C14H20F3N3. The molecule has 1 aliphatic heterocycles. The van der Waals surface area contributed by atoms with Crippen LogP contribution in [0.5, 0.6) is 0 Å². The minimum atomic E-state index is -4.42. The predicted octanol–water partition coefficient (Wildman–Crippen LogP) is 3.90. The minimum absolute atomic E-state index is 0.213. The summed E-state index contributed by atoms with van der Waals surface area (Å²) in [5.74, 6) is 0.673. The highest BCUT2D eigenvalue weighted by molar-refractivity contribution is 5.34. The summed E-state index contributed by atoms with van der Waals surface area (Å²) in [5.41, 5.74) is -0.865. The first-order valence-corrected chi connectivity index (χ1v) is 7.10. The lowest BCUT2D eigenvalue weighted by molar-refractivity contribution is -0.141. The number of halogens is 3. The first kappa shape index (κ1) is 15.1. The van der Waals surface area contributed by atoms with Crippen molar-refractivity contribution in [1.29, 1.82) is 0 Å². The highest BCUT2D eigenvalue weighted by Gasteiger charge is 2.35. The van der Waals surface area contributed by atoms with E-state index in [4.69, 9.17) is 0 Å². The summed E-state index contributed by atoms with van der Waals surface area (Å²) in [7, 11) is 0. The van der Waals surface area contributed by atoms with Crippen molar-refractivity contribution in [1.82, 2.24) is 9.97 Å². The third-order valence-electron chi connectivity index (χ3n) is 3.89. The molecule has 2 heterocycles. The molecule has 0 bridgehead atoms. The second-order valence-corrected chi connectivity index (χ2v) is 5.41. The lowest BCUT2D eigenvalue weighted by Crippen LogP contribution is -2.45. The third kappa shape index (κ3) is 3.22. The Morgan fingerprint density at radius 1 is 1.40 bits per heavy atom. The van der Waals surface area contributed by atoms with E-state index in [-0.39, 0.29) is 12.0 Å². The van der Waals surface area contributed by atoms with Gasteiger partial charge in [0.05, 0.1) is 0 Å². The third-order valence-corrected chi connectivity index (χ3v) is 3.89. The van der Waals surface area contributed by atoms with Crippen LogP contribution in [0.2, 0.25) is 0 Å². The lowest BCUT2D eigenvalue weighted by atomic mass is 9.88. The number of rotatable bonds is 3. The van der Waals surface area contributed by atoms with Gasteiger partial charge in [0.15, 0.2) is 0 Å². The quantitative estimate of drug-likeness (QED) is 0.844. The fourth-order valence-electron chi connectivity index (χ4n) is 2.88. The predicted molar refractivity (Wildman–Crippen MR) is 71.5 cm³/mol. The highest BCUT2D eigenvalue weighted by atomic mass is 19.4. The fourth-order valence-corrected chi connectivity index (χ4v) is 2.88. The van der Waals surface area contributed by atoms with Gasteiger partial charge in [-0.3, -0.25) is 0 Å². The van der Waals surface area contributed by atoms with Crippen LogP contribution in [0.4, 0.5) is 19.1 Å². The molecule has 1 aliphatic rings. The SMILES string of the molecule is CCC[C@H]1[C@H](C)CCCN1c1nccc(C(F)(F)F)n1. The van der Waals surface area contributed by atoms with Crippen molar-refractivity contribution in [3.8, 4) is 0 Å². The van der Waals surface area contributed by atoms with Crippen LogP contribution in [-0.4, -0.2) is 22.6 Å². The standard InChI is InChI=1S/C14H20F3N3/c1-3-5-11-10(2)6-4-9-20(11)13-18-8-7-12(19-13)14(15,16)17/h7-8,10-11H,3-6,9H2,1-2H3/t10-,11+/m1/s1. The van der Waals surface area contributed by atoms with Crippen LogP contribution in [-0.2, 0) is 6.18 Å². The van der Waals surface area contributed by atoms with Crippen LogP contribution in [0.25, 0.3) is 0 Å². The van der Waals surface area contributed by atoms with Gasteiger partial charge >= 0.3 is 6.18 Å². The van der Waals surface area contributed by atoms with E-state index < -0.39 is 11.9 Å².